The van der Waals surface area contributed by atoms with E-state index in [9.17, 15) is 0 Å². The zero-order valence-corrected chi connectivity index (χ0v) is 15.6. The first kappa shape index (κ1) is 16.3. The van der Waals surface area contributed by atoms with Crippen LogP contribution >= 0.6 is 15.9 Å². The number of benzene rings is 2. The van der Waals surface area contributed by atoms with Crippen molar-refractivity contribution < 1.29 is 0 Å². The second-order valence-electron chi connectivity index (χ2n) is 6.31. The molecule has 0 fully saturated rings. The second-order valence-corrected chi connectivity index (χ2v) is 7.17. The molecule has 23 heavy (non-hydrogen) atoms. The molecule has 0 radical (unpaired) electrons. The lowest BCUT2D eigenvalue weighted by atomic mass is 10.1. The van der Waals surface area contributed by atoms with Crippen LogP contribution in [0.1, 0.15) is 36.5 Å². The molecular weight excluding hydrogens is 346 g/mol. The summed E-state index contributed by atoms with van der Waals surface area (Å²) < 4.78 is 3.66. The molecule has 0 amide bonds. The van der Waals surface area contributed by atoms with Crippen LogP contribution in [0.5, 0.6) is 0 Å². The maximum Gasteiger partial charge on any atom is 0.0483 e. The minimum Gasteiger partial charge on any atom is -0.347 e. The Morgan fingerprint density at radius 1 is 1.00 bits per heavy atom. The summed E-state index contributed by atoms with van der Waals surface area (Å²) in [5, 5.41) is 1.44. The topological polar surface area (TPSA) is 4.93 Å². The molecular formula is C21H24BrN. The van der Waals surface area contributed by atoms with Crippen molar-refractivity contribution in [1.82, 2.24) is 4.57 Å². The maximum atomic E-state index is 3.65. The number of halogens is 1. The van der Waals surface area contributed by atoms with Gasteiger partial charge in [0.2, 0.25) is 0 Å². The predicted molar refractivity (Wildman–Crippen MR) is 103 cm³/mol. The molecule has 0 N–H and O–H groups in total. The molecule has 0 bridgehead atoms. The fraction of sp³-hybridized carbons (Fsp3) is 0.333. The highest BCUT2D eigenvalue weighted by atomic mass is 79.9. The van der Waals surface area contributed by atoms with Gasteiger partial charge in [-0.3, -0.25) is 0 Å². The third kappa shape index (κ3) is 3.69. The molecule has 0 aliphatic heterocycles. The van der Waals surface area contributed by atoms with E-state index in [-0.39, 0.29) is 0 Å². The molecule has 1 nitrogen and oxygen atoms in total. The van der Waals surface area contributed by atoms with Crippen LogP contribution in [0.15, 0.2) is 53.1 Å². The third-order valence-corrected chi connectivity index (χ3v) is 5.22. The van der Waals surface area contributed by atoms with Gasteiger partial charge in [0, 0.05) is 28.1 Å². The van der Waals surface area contributed by atoms with Crippen molar-refractivity contribution in [3.05, 3.63) is 69.8 Å². The van der Waals surface area contributed by atoms with Crippen molar-refractivity contribution in [1.29, 1.82) is 0 Å². The smallest absolute Gasteiger partial charge is 0.0483 e. The molecule has 3 aromatic rings. The van der Waals surface area contributed by atoms with Gasteiger partial charge in [0.05, 0.1) is 0 Å². The molecule has 2 heteroatoms. The van der Waals surface area contributed by atoms with Crippen molar-refractivity contribution in [3.63, 3.8) is 0 Å². The first-order valence-corrected chi connectivity index (χ1v) is 9.30. The van der Waals surface area contributed by atoms with Gasteiger partial charge in [-0.05, 0) is 55.5 Å². The number of rotatable bonds is 6. The van der Waals surface area contributed by atoms with Crippen LogP contribution in [-0.2, 0) is 19.4 Å². The number of aryl methyl sites for hydroxylation is 4. The van der Waals surface area contributed by atoms with Gasteiger partial charge in [-0.15, -0.1) is 0 Å². The van der Waals surface area contributed by atoms with E-state index in [1.807, 2.05) is 0 Å². The molecule has 0 spiro atoms. The lowest BCUT2D eigenvalue weighted by molar-refractivity contribution is 0.658. The molecule has 120 valence electrons. The summed E-state index contributed by atoms with van der Waals surface area (Å²) in [6.07, 6.45) is 7.00. The summed E-state index contributed by atoms with van der Waals surface area (Å²) in [4.78, 5) is 0. The molecule has 1 heterocycles. The fourth-order valence-corrected chi connectivity index (χ4v) is 3.76. The van der Waals surface area contributed by atoms with E-state index in [2.05, 4.69) is 83.0 Å². The minimum absolute atomic E-state index is 1.07. The van der Waals surface area contributed by atoms with Crippen LogP contribution in [0, 0.1) is 6.92 Å². The first-order chi connectivity index (χ1) is 11.2. The number of aromatic nitrogens is 1. The summed E-state index contributed by atoms with van der Waals surface area (Å²) in [5.74, 6) is 0. The minimum atomic E-state index is 1.07. The Kier molecular flexibility index (Phi) is 5.22. The van der Waals surface area contributed by atoms with Crippen LogP contribution in [0.25, 0.3) is 10.9 Å². The van der Waals surface area contributed by atoms with E-state index >= 15 is 0 Å². The quantitative estimate of drug-likeness (QED) is 0.480. The number of nitrogens with zero attached hydrogens (tertiary/aromatic N) is 1. The van der Waals surface area contributed by atoms with Gasteiger partial charge in [0.15, 0.2) is 0 Å². The maximum absolute atomic E-state index is 3.65. The summed E-state index contributed by atoms with van der Waals surface area (Å²) in [7, 11) is 0. The largest absolute Gasteiger partial charge is 0.347 e. The van der Waals surface area contributed by atoms with E-state index < -0.39 is 0 Å². The first-order valence-electron chi connectivity index (χ1n) is 8.51. The van der Waals surface area contributed by atoms with Crippen molar-refractivity contribution in [2.75, 3.05) is 0 Å². The fourth-order valence-electron chi connectivity index (χ4n) is 3.28. The molecule has 1 aromatic heterocycles. The highest BCUT2D eigenvalue weighted by Gasteiger charge is 2.08. The zero-order chi connectivity index (χ0) is 16.2. The van der Waals surface area contributed by atoms with Crippen molar-refractivity contribution in [2.24, 2.45) is 0 Å². The number of fused-ring (bicyclic) bond motifs is 1. The molecule has 2 aromatic carbocycles. The zero-order valence-electron chi connectivity index (χ0n) is 14.0. The van der Waals surface area contributed by atoms with Crippen LogP contribution in [0.3, 0.4) is 0 Å². The van der Waals surface area contributed by atoms with E-state index in [4.69, 9.17) is 0 Å². The number of hydrogen-bond acceptors (Lipinski definition) is 0. The Morgan fingerprint density at radius 3 is 2.61 bits per heavy atom. The molecule has 3 rings (SSSR count). The lowest BCUT2D eigenvalue weighted by Crippen LogP contribution is -1.98. The summed E-state index contributed by atoms with van der Waals surface area (Å²) in [5.41, 5.74) is 5.62. The second kappa shape index (κ2) is 7.35. The van der Waals surface area contributed by atoms with Gasteiger partial charge in [-0.25, -0.2) is 0 Å². The van der Waals surface area contributed by atoms with E-state index in [1.54, 1.807) is 0 Å². The van der Waals surface area contributed by atoms with Crippen LogP contribution in [0.4, 0.5) is 0 Å². The average molecular weight is 370 g/mol. The van der Waals surface area contributed by atoms with Crippen molar-refractivity contribution in [3.8, 4) is 0 Å². The van der Waals surface area contributed by atoms with Gasteiger partial charge in [-0.1, -0.05) is 59.1 Å². The van der Waals surface area contributed by atoms with Crippen molar-refractivity contribution >= 4 is 26.8 Å². The predicted octanol–water partition coefficient (Wildman–Crippen LogP) is 6.30. The SMILES string of the molecule is CCCc1cn(CCCc2ccccc2Br)c2ccc(C)cc12. The number of hydrogen-bond donors (Lipinski definition) is 0. The molecule has 0 saturated heterocycles. The Balaban J connectivity index is 1.79. The Morgan fingerprint density at radius 2 is 1.83 bits per heavy atom. The van der Waals surface area contributed by atoms with E-state index in [0.29, 0.717) is 0 Å². The standard InChI is InChI=1S/C21H24BrN/c1-3-7-18-15-23(21-12-11-16(2)14-19(18)21)13-6-9-17-8-4-5-10-20(17)22/h4-5,8,10-12,14-15H,3,6-7,9,13H2,1-2H3. The Labute approximate surface area is 147 Å². The van der Waals surface area contributed by atoms with Crippen molar-refractivity contribution in [2.45, 2.75) is 46.1 Å². The van der Waals surface area contributed by atoms with Gasteiger partial charge in [0.25, 0.3) is 0 Å². The van der Waals surface area contributed by atoms with Gasteiger partial charge < -0.3 is 4.57 Å². The van der Waals surface area contributed by atoms with E-state index in [1.165, 1.54) is 38.5 Å². The lowest BCUT2D eigenvalue weighted by Gasteiger charge is -2.07. The summed E-state index contributed by atoms with van der Waals surface area (Å²) in [6.45, 7) is 5.51. The highest BCUT2D eigenvalue weighted by molar-refractivity contribution is 9.10. The van der Waals surface area contributed by atoms with Gasteiger partial charge >= 0.3 is 0 Å². The Hall–Kier alpha value is -1.54. The Bertz CT molecular complexity index is 801. The molecule has 0 aliphatic carbocycles. The molecule has 0 saturated carbocycles. The average Bonchev–Trinajstić information content (AvgIpc) is 2.87. The normalized spacial score (nSPS) is 11.3. The third-order valence-electron chi connectivity index (χ3n) is 4.44. The highest BCUT2D eigenvalue weighted by Crippen LogP contribution is 2.25. The summed E-state index contributed by atoms with van der Waals surface area (Å²) in [6, 6.07) is 15.4. The van der Waals surface area contributed by atoms with E-state index in [0.717, 1.165) is 25.8 Å². The van der Waals surface area contributed by atoms with Crippen LogP contribution in [-0.4, -0.2) is 4.57 Å². The molecule has 0 unspecified atom stereocenters. The van der Waals surface area contributed by atoms with Gasteiger partial charge in [-0.2, -0.15) is 0 Å². The van der Waals surface area contributed by atoms with Crippen LogP contribution in [0.2, 0.25) is 0 Å². The monoisotopic (exact) mass is 369 g/mol. The van der Waals surface area contributed by atoms with Gasteiger partial charge in [0.1, 0.15) is 0 Å². The summed E-state index contributed by atoms with van der Waals surface area (Å²) >= 11 is 3.65. The molecule has 0 aliphatic rings. The van der Waals surface area contributed by atoms with Crippen LogP contribution < -0.4 is 0 Å². The molecule has 0 atom stereocenters.